The SMILES string of the molecule is CC(C)c1ccc([C@@H](O)[C@H](C)S(=O)(=O)c2ccccc2)cc1. The fraction of sp³-hybridized carbons (Fsp3) is 0.333. The van der Waals surface area contributed by atoms with Crippen molar-refractivity contribution in [2.45, 2.75) is 42.9 Å². The van der Waals surface area contributed by atoms with E-state index in [9.17, 15) is 13.5 Å². The second-order valence-corrected chi connectivity index (χ2v) is 8.13. The van der Waals surface area contributed by atoms with Crippen LogP contribution in [0.25, 0.3) is 0 Å². The number of aliphatic hydroxyl groups excluding tert-OH is 1. The van der Waals surface area contributed by atoms with Crippen LogP contribution < -0.4 is 0 Å². The first-order valence-electron chi connectivity index (χ1n) is 7.41. The second kappa shape index (κ2) is 6.63. The van der Waals surface area contributed by atoms with Gasteiger partial charge >= 0.3 is 0 Å². The standard InChI is InChI=1S/C18H22O3S/c1-13(2)15-9-11-16(12-10-15)18(19)14(3)22(20,21)17-7-5-4-6-8-17/h4-14,18-19H,1-3H3/t14-,18-/m0/s1. The lowest BCUT2D eigenvalue weighted by Gasteiger charge is -2.20. The van der Waals surface area contributed by atoms with E-state index in [-0.39, 0.29) is 4.90 Å². The number of rotatable bonds is 5. The highest BCUT2D eigenvalue weighted by atomic mass is 32.2. The Labute approximate surface area is 132 Å². The van der Waals surface area contributed by atoms with Crippen LogP contribution in [0.15, 0.2) is 59.5 Å². The highest BCUT2D eigenvalue weighted by Gasteiger charge is 2.30. The van der Waals surface area contributed by atoms with Gasteiger partial charge in [0.15, 0.2) is 9.84 Å². The molecule has 0 bridgehead atoms. The first-order chi connectivity index (χ1) is 10.3. The third-order valence-electron chi connectivity index (χ3n) is 3.95. The molecule has 2 rings (SSSR count). The topological polar surface area (TPSA) is 54.4 Å². The molecule has 0 saturated heterocycles. The summed E-state index contributed by atoms with van der Waals surface area (Å²) in [4.78, 5) is 0.236. The fourth-order valence-electron chi connectivity index (χ4n) is 2.34. The van der Waals surface area contributed by atoms with E-state index in [1.165, 1.54) is 0 Å². The van der Waals surface area contributed by atoms with Crippen molar-refractivity contribution in [3.05, 3.63) is 65.7 Å². The van der Waals surface area contributed by atoms with E-state index in [2.05, 4.69) is 13.8 Å². The van der Waals surface area contributed by atoms with E-state index in [1.54, 1.807) is 49.4 Å². The van der Waals surface area contributed by atoms with Crippen molar-refractivity contribution in [1.29, 1.82) is 0 Å². The number of hydrogen-bond donors (Lipinski definition) is 1. The van der Waals surface area contributed by atoms with E-state index >= 15 is 0 Å². The minimum atomic E-state index is -3.56. The summed E-state index contributed by atoms with van der Waals surface area (Å²) < 4.78 is 25.1. The molecule has 0 heterocycles. The number of benzene rings is 2. The van der Waals surface area contributed by atoms with Crippen molar-refractivity contribution in [2.75, 3.05) is 0 Å². The van der Waals surface area contributed by atoms with E-state index in [0.717, 1.165) is 5.56 Å². The van der Waals surface area contributed by atoms with Crippen LogP contribution in [0.3, 0.4) is 0 Å². The van der Waals surface area contributed by atoms with Gasteiger partial charge in [-0.3, -0.25) is 0 Å². The molecule has 0 spiro atoms. The highest BCUT2D eigenvalue weighted by Crippen LogP contribution is 2.27. The van der Waals surface area contributed by atoms with Crippen molar-refractivity contribution in [1.82, 2.24) is 0 Å². The first kappa shape index (κ1) is 16.7. The molecule has 0 aliphatic rings. The molecule has 0 fully saturated rings. The average Bonchev–Trinajstić information content (AvgIpc) is 2.54. The summed E-state index contributed by atoms with van der Waals surface area (Å²) in [6.45, 7) is 5.73. The van der Waals surface area contributed by atoms with Crippen molar-refractivity contribution < 1.29 is 13.5 Å². The lowest BCUT2D eigenvalue weighted by molar-refractivity contribution is 0.176. The van der Waals surface area contributed by atoms with Gasteiger partial charge < -0.3 is 5.11 Å². The zero-order valence-corrected chi connectivity index (χ0v) is 13.9. The summed E-state index contributed by atoms with van der Waals surface area (Å²) in [6, 6.07) is 15.7. The molecule has 3 nitrogen and oxygen atoms in total. The largest absolute Gasteiger partial charge is 0.387 e. The Bertz CT molecular complexity index is 704. The maximum atomic E-state index is 12.6. The van der Waals surface area contributed by atoms with Gasteiger partial charge in [0.1, 0.15) is 0 Å². The van der Waals surface area contributed by atoms with Gasteiger partial charge in [0.2, 0.25) is 0 Å². The molecule has 0 unspecified atom stereocenters. The van der Waals surface area contributed by atoms with Crippen molar-refractivity contribution in [3.63, 3.8) is 0 Å². The molecule has 0 radical (unpaired) electrons. The predicted octanol–water partition coefficient (Wildman–Crippen LogP) is 3.71. The summed E-state index contributed by atoms with van der Waals surface area (Å²) in [5, 5.41) is 9.53. The van der Waals surface area contributed by atoms with E-state index in [0.29, 0.717) is 11.5 Å². The normalized spacial score (nSPS) is 14.8. The van der Waals surface area contributed by atoms with Crippen LogP contribution in [0.5, 0.6) is 0 Å². The first-order valence-corrected chi connectivity index (χ1v) is 8.95. The van der Waals surface area contributed by atoms with E-state index in [4.69, 9.17) is 0 Å². The maximum Gasteiger partial charge on any atom is 0.183 e. The van der Waals surface area contributed by atoms with Crippen LogP contribution in [0.2, 0.25) is 0 Å². The van der Waals surface area contributed by atoms with Crippen molar-refractivity contribution in [3.8, 4) is 0 Å². The third kappa shape index (κ3) is 3.39. The zero-order chi connectivity index (χ0) is 16.3. The van der Waals surface area contributed by atoms with Crippen molar-refractivity contribution >= 4 is 9.84 Å². The van der Waals surface area contributed by atoms with E-state index in [1.807, 2.05) is 12.1 Å². The average molecular weight is 318 g/mol. The van der Waals surface area contributed by atoms with Gasteiger partial charge in [0, 0.05) is 0 Å². The van der Waals surface area contributed by atoms with Crippen LogP contribution >= 0.6 is 0 Å². The Kier molecular flexibility index (Phi) is 5.04. The predicted molar refractivity (Wildman–Crippen MR) is 88.6 cm³/mol. The monoisotopic (exact) mass is 318 g/mol. The molecule has 2 aromatic rings. The fourth-order valence-corrected chi connectivity index (χ4v) is 3.81. The Balaban J connectivity index is 2.27. The molecule has 0 aromatic heterocycles. The summed E-state index contributed by atoms with van der Waals surface area (Å²) in [6.07, 6.45) is -1.05. The van der Waals surface area contributed by atoms with Gasteiger partial charge in [-0.05, 0) is 36.1 Å². The van der Waals surface area contributed by atoms with Crippen LogP contribution in [0.4, 0.5) is 0 Å². The lowest BCUT2D eigenvalue weighted by Crippen LogP contribution is -2.25. The van der Waals surface area contributed by atoms with Gasteiger partial charge in [-0.2, -0.15) is 0 Å². The second-order valence-electron chi connectivity index (χ2n) is 5.83. The summed E-state index contributed by atoms with van der Waals surface area (Å²) in [5.41, 5.74) is 1.78. The molecule has 22 heavy (non-hydrogen) atoms. The quantitative estimate of drug-likeness (QED) is 0.914. The molecule has 118 valence electrons. The number of aliphatic hydroxyl groups is 1. The smallest absolute Gasteiger partial charge is 0.183 e. The maximum absolute atomic E-state index is 12.6. The molecular formula is C18H22O3S. The van der Waals surface area contributed by atoms with Crippen LogP contribution in [-0.2, 0) is 9.84 Å². The van der Waals surface area contributed by atoms with Crippen LogP contribution in [0, 0.1) is 0 Å². The Morgan fingerprint density at radius 1 is 0.818 bits per heavy atom. The Morgan fingerprint density at radius 3 is 1.82 bits per heavy atom. The van der Waals surface area contributed by atoms with Crippen LogP contribution in [-0.4, -0.2) is 18.8 Å². The summed E-state index contributed by atoms with van der Waals surface area (Å²) >= 11 is 0. The summed E-state index contributed by atoms with van der Waals surface area (Å²) in [7, 11) is -3.56. The third-order valence-corrected chi connectivity index (χ3v) is 6.12. The number of hydrogen-bond acceptors (Lipinski definition) is 3. The minimum Gasteiger partial charge on any atom is -0.387 e. The van der Waals surface area contributed by atoms with Crippen molar-refractivity contribution in [2.24, 2.45) is 0 Å². The van der Waals surface area contributed by atoms with E-state index < -0.39 is 21.2 Å². The summed E-state index contributed by atoms with van der Waals surface area (Å²) in [5.74, 6) is 0.400. The Hall–Kier alpha value is -1.65. The lowest BCUT2D eigenvalue weighted by atomic mass is 9.99. The molecular weight excluding hydrogens is 296 g/mol. The molecule has 4 heteroatoms. The van der Waals surface area contributed by atoms with Gasteiger partial charge in [-0.1, -0.05) is 56.3 Å². The molecule has 2 atom stereocenters. The molecule has 0 aliphatic heterocycles. The van der Waals surface area contributed by atoms with Gasteiger partial charge in [0.05, 0.1) is 16.2 Å². The minimum absolute atomic E-state index is 0.236. The van der Waals surface area contributed by atoms with Gasteiger partial charge in [0.25, 0.3) is 0 Å². The Morgan fingerprint density at radius 2 is 1.32 bits per heavy atom. The molecule has 0 saturated carbocycles. The molecule has 2 aromatic carbocycles. The molecule has 0 aliphatic carbocycles. The van der Waals surface area contributed by atoms with Gasteiger partial charge in [-0.15, -0.1) is 0 Å². The number of sulfone groups is 1. The molecule has 1 N–H and O–H groups in total. The zero-order valence-electron chi connectivity index (χ0n) is 13.1. The molecule has 0 amide bonds. The van der Waals surface area contributed by atoms with Gasteiger partial charge in [-0.25, -0.2) is 8.42 Å². The van der Waals surface area contributed by atoms with Crippen LogP contribution in [0.1, 0.15) is 43.9 Å². The highest BCUT2D eigenvalue weighted by molar-refractivity contribution is 7.92.